The summed E-state index contributed by atoms with van der Waals surface area (Å²) in [6.07, 6.45) is 0. The number of nitro groups is 2. The predicted octanol–water partition coefficient (Wildman–Crippen LogP) is 3.49. The van der Waals surface area contributed by atoms with Crippen molar-refractivity contribution in [2.75, 3.05) is 7.11 Å². The fourth-order valence-corrected chi connectivity index (χ4v) is 2.98. The van der Waals surface area contributed by atoms with Crippen molar-refractivity contribution in [3.63, 3.8) is 0 Å². The Morgan fingerprint density at radius 3 is 2.32 bits per heavy atom. The van der Waals surface area contributed by atoms with E-state index in [1.54, 1.807) is 6.07 Å². The van der Waals surface area contributed by atoms with E-state index >= 15 is 0 Å². The first-order chi connectivity index (χ1) is 13.2. The van der Waals surface area contributed by atoms with Crippen molar-refractivity contribution in [1.82, 2.24) is 0 Å². The maximum Gasteiger partial charge on any atom is 0.336 e. The molecule has 0 atom stereocenters. The molecule has 0 saturated carbocycles. The monoisotopic (exact) mass is 384 g/mol. The van der Waals surface area contributed by atoms with Gasteiger partial charge in [0.15, 0.2) is 11.3 Å². The topological polar surface area (TPSA) is 143 Å². The first-order valence-corrected chi connectivity index (χ1v) is 7.83. The van der Waals surface area contributed by atoms with E-state index in [0.717, 1.165) is 25.1 Å². The number of rotatable bonds is 5. The third-order valence-electron chi connectivity index (χ3n) is 4.13. The molecular formula is C18H12N2O8. The summed E-state index contributed by atoms with van der Waals surface area (Å²) in [5, 5.41) is 23.3. The van der Waals surface area contributed by atoms with Crippen molar-refractivity contribution in [1.29, 1.82) is 0 Å². The van der Waals surface area contributed by atoms with E-state index in [1.165, 1.54) is 19.2 Å². The molecule has 1 aromatic heterocycles. The van der Waals surface area contributed by atoms with Crippen LogP contribution in [0.5, 0.6) is 5.75 Å². The summed E-state index contributed by atoms with van der Waals surface area (Å²) in [4.78, 5) is 45.2. The Balaban J connectivity index is 2.47. The van der Waals surface area contributed by atoms with Crippen molar-refractivity contribution >= 4 is 28.1 Å². The van der Waals surface area contributed by atoms with Crippen LogP contribution >= 0.6 is 0 Å². The molecule has 3 aromatic rings. The molecule has 0 amide bonds. The molecule has 0 aliphatic carbocycles. The van der Waals surface area contributed by atoms with Gasteiger partial charge in [-0.05, 0) is 25.1 Å². The van der Waals surface area contributed by atoms with Crippen molar-refractivity contribution in [3.8, 4) is 16.9 Å². The molecule has 10 heteroatoms. The molecule has 0 aliphatic rings. The van der Waals surface area contributed by atoms with Crippen LogP contribution in [0.25, 0.3) is 22.1 Å². The third kappa shape index (κ3) is 3.07. The number of fused-ring (bicyclic) bond motifs is 1. The number of benzene rings is 2. The largest absolute Gasteiger partial charge is 0.497 e. The molecule has 0 aliphatic heterocycles. The third-order valence-corrected chi connectivity index (χ3v) is 4.13. The van der Waals surface area contributed by atoms with Crippen LogP contribution in [-0.2, 0) is 0 Å². The lowest BCUT2D eigenvalue weighted by Gasteiger charge is -2.10. The molecule has 0 radical (unpaired) electrons. The Labute approximate surface area is 156 Å². The van der Waals surface area contributed by atoms with Crippen LogP contribution in [0.2, 0.25) is 0 Å². The van der Waals surface area contributed by atoms with E-state index in [1.807, 2.05) is 0 Å². The van der Waals surface area contributed by atoms with Gasteiger partial charge in [-0.25, -0.2) is 4.79 Å². The van der Waals surface area contributed by atoms with Gasteiger partial charge in [-0.1, -0.05) is 0 Å². The maximum absolute atomic E-state index is 12.0. The Morgan fingerprint density at radius 1 is 1.04 bits per heavy atom. The van der Waals surface area contributed by atoms with Crippen LogP contribution in [0.15, 0.2) is 45.6 Å². The van der Waals surface area contributed by atoms with Gasteiger partial charge in [0.2, 0.25) is 0 Å². The highest BCUT2D eigenvalue weighted by atomic mass is 16.6. The van der Waals surface area contributed by atoms with Crippen molar-refractivity contribution in [2.45, 2.75) is 6.92 Å². The maximum atomic E-state index is 12.0. The lowest BCUT2D eigenvalue weighted by molar-refractivity contribution is -0.394. The zero-order valence-electron chi connectivity index (χ0n) is 14.6. The summed E-state index contributed by atoms with van der Waals surface area (Å²) in [6.45, 7) is 1.00. The minimum absolute atomic E-state index is 0.108. The second kappa shape index (κ2) is 6.91. The number of ether oxygens (including phenoxy) is 1. The molecule has 10 nitrogen and oxygen atoms in total. The highest BCUT2D eigenvalue weighted by Crippen LogP contribution is 2.40. The fourth-order valence-electron chi connectivity index (χ4n) is 2.98. The first kappa shape index (κ1) is 18.7. The van der Waals surface area contributed by atoms with Gasteiger partial charge < -0.3 is 9.15 Å². The van der Waals surface area contributed by atoms with Gasteiger partial charge >= 0.3 is 5.63 Å². The minimum atomic E-state index is -0.872. The molecule has 0 N–H and O–H groups in total. The molecule has 28 heavy (non-hydrogen) atoms. The van der Waals surface area contributed by atoms with Crippen molar-refractivity contribution in [2.24, 2.45) is 0 Å². The molecule has 142 valence electrons. The van der Waals surface area contributed by atoms with Crippen LogP contribution in [-0.4, -0.2) is 22.7 Å². The summed E-state index contributed by atoms with van der Waals surface area (Å²) < 4.78 is 10.2. The Kier molecular flexibility index (Phi) is 4.62. The van der Waals surface area contributed by atoms with E-state index in [-0.39, 0.29) is 16.7 Å². The van der Waals surface area contributed by atoms with Crippen LogP contribution in [0.4, 0.5) is 11.4 Å². The summed E-state index contributed by atoms with van der Waals surface area (Å²) >= 11 is 0. The van der Waals surface area contributed by atoms with Crippen molar-refractivity contribution in [3.05, 3.63) is 72.6 Å². The summed E-state index contributed by atoms with van der Waals surface area (Å²) in [6, 6.07) is 7.71. The van der Waals surface area contributed by atoms with Crippen LogP contribution in [0.1, 0.15) is 17.3 Å². The molecule has 0 unspecified atom stereocenters. The number of methoxy groups -OCH3 is 1. The van der Waals surface area contributed by atoms with E-state index in [9.17, 15) is 29.8 Å². The van der Waals surface area contributed by atoms with Gasteiger partial charge in [-0.15, -0.1) is 0 Å². The van der Waals surface area contributed by atoms with Gasteiger partial charge in [-0.3, -0.25) is 25.0 Å². The highest BCUT2D eigenvalue weighted by molar-refractivity contribution is 6.07. The molecule has 0 spiro atoms. The van der Waals surface area contributed by atoms with Gasteiger partial charge in [-0.2, -0.15) is 0 Å². The summed E-state index contributed by atoms with van der Waals surface area (Å²) in [5.41, 5.74) is -2.74. The van der Waals surface area contributed by atoms with E-state index in [2.05, 4.69) is 0 Å². The number of nitro benzene ring substituents is 2. The number of Topliss-reactive ketones (excluding diaryl/α,β-unsaturated/α-hetero) is 1. The standard InChI is InChI=1S/C18H12N2O8/c1-9(21)17-14(19(23)24)6-5-12(18(17)20(25)26)13-8-16(22)28-15-7-10(27-2)3-4-11(13)15/h3-8H,1-2H3. The number of hydrogen-bond donors (Lipinski definition) is 0. The quantitative estimate of drug-likeness (QED) is 0.281. The average molecular weight is 384 g/mol. The minimum Gasteiger partial charge on any atom is -0.497 e. The van der Waals surface area contributed by atoms with Crippen LogP contribution in [0.3, 0.4) is 0 Å². The second-order valence-corrected chi connectivity index (χ2v) is 5.77. The number of carbonyl (C=O) groups excluding carboxylic acids is 1. The van der Waals surface area contributed by atoms with Gasteiger partial charge in [0, 0.05) is 29.1 Å². The molecule has 0 saturated heterocycles. The Hall–Kier alpha value is -4.08. The Bertz CT molecular complexity index is 1210. The van der Waals surface area contributed by atoms with Gasteiger partial charge in [0.25, 0.3) is 11.4 Å². The van der Waals surface area contributed by atoms with E-state index < -0.39 is 38.2 Å². The van der Waals surface area contributed by atoms with Gasteiger partial charge in [0.05, 0.1) is 22.5 Å². The van der Waals surface area contributed by atoms with E-state index in [4.69, 9.17) is 9.15 Å². The van der Waals surface area contributed by atoms with E-state index in [0.29, 0.717) is 11.1 Å². The molecule has 0 bridgehead atoms. The van der Waals surface area contributed by atoms with Crippen LogP contribution < -0.4 is 10.4 Å². The zero-order valence-corrected chi connectivity index (χ0v) is 14.6. The normalized spacial score (nSPS) is 10.6. The summed E-state index contributed by atoms with van der Waals surface area (Å²) in [5.74, 6) is -0.440. The Morgan fingerprint density at radius 2 is 1.75 bits per heavy atom. The first-order valence-electron chi connectivity index (χ1n) is 7.83. The number of ketones is 1. The molecule has 0 fully saturated rings. The summed E-state index contributed by atoms with van der Waals surface area (Å²) in [7, 11) is 1.42. The molecule has 2 aromatic carbocycles. The predicted molar refractivity (Wildman–Crippen MR) is 97.8 cm³/mol. The fraction of sp³-hybridized carbons (Fsp3) is 0.111. The second-order valence-electron chi connectivity index (χ2n) is 5.77. The lowest BCUT2D eigenvalue weighted by Crippen LogP contribution is -2.07. The highest BCUT2D eigenvalue weighted by Gasteiger charge is 2.33. The molecule has 1 heterocycles. The van der Waals surface area contributed by atoms with Crippen LogP contribution in [0, 0.1) is 20.2 Å². The average Bonchev–Trinajstić information content (AvgIpc) is 2.65. The smallest absolute Gasteiger partial charge is 0.336 e. The number of nitrogens with zero attached hydrogens (tertiary/aromatic N) is 2. The number of carbonyl (C=O) groups is 1. The molecular weight excluding hydrogens is 372 g/mol. The SMILES string of the molecule is COc1ccc2c(-c3ccc([N+](=O)[O-])c(C(C)=O)c3[N+](=O)[O-])cc(=O)oc2c1. The van der Waals surface area contributed by atoms with Crippen molar-refractivity contribution < 1.29 is 23.8 Å². The lowest BCUT2D eigenvalue weighted by atomic mass is 9.95. The molecule has 3 rings (SSSR count). The number of hydrogen-bond acceptors (Lipinski definition) is 8. The zero-order chi connectivity index (χ0) is 20.6. The van der Waals surface area contributed by atoms with Gasteiger partial charge in [0.1, 0.15) is 11.3 Å².